The molecule has 0 fully saturated rings. The number of hydrogen-bond acceptors (Lipinski definition) is 2. The minimum Gasteiger partial charge on any atom is -0.492 e. The molecule has 0 N–H and O–H groups in total. The standard InChI is InChI=1S/C16H17NO/c1-2-7-15(8-3-1)18-13-12-17-11-10-14-6-4-5-9-16(14)17/h1-9H,10-13H2. The molecular weight excluding hydrogens is 222 g/mol. The van der Waals surface area contributed by atoms with Gasteiger partial charge in [0, 0.05) is 12.2 Å². The van der Waals surface area contributed by atoms with Crippen LogP contribution in [0.3, 0.4) is 0 Å². The molecule has 2 heteroatoms. The summed E-state index contributed by atoms with van der Waals surface area (Å²) in [5.74, 6) is 0.949. The summed E-state index contributed by atoms with van der Waals surface area (Å²) in [6.07, 6.45) is 1.15. The number of ether oxygens (including phenoxy) is 1. The van der Waals surface area contributed by atoms with E-state index in [2.05, 4.69) is 29.2 Å². The zero-order valence-corrected chi connectivity index (χ0v) is 10.4. The Bertz CT molecular complexity index is 510. The van der Waals surface area contributed by atoms with Crippen LogP contribution in [0.1, 0.15) is 5.56 Å². The fourth-order valence-corrected chi connectivity index (χ4v) is 2.43. The molecule has 0 bridgehead atoms. The number of rotatable bonds is 4. The Morgan fingerprint density at radius 3 is 2.61 bits per heavy atom. The Balaban J connectivity index is 1.56. The second-order valence-corrected chi connectivity index (χ2v) is 4.53. The van der Waals surface area contributed by atoms with E-state index in [4.69, 9.17) is 4.74 Å². The summed E-state index contributed by atoms with van der Waals surface area (Å²) in [5, 5.41) is 0. The summed E-state index contributed by atoms with van der Waals surface area (Å²) >= 11 is 0. The van der Waals surface area contributed by atoms with Gasteiger partial charge in [0.2, 0.25) is 0 Å². The molecule has 0 radical (unpaired) electrons. The summed E-state index contributed by atoms with van der Waals surface area (Å²) in [5.41, 5.74) is 2.83. The van der Waals surface area contributed by atoms with Crippen molar-refractivity contribution in [2.24, 2.45) is 0 Å². The third kappa shape index (κ3) is 2.33. The molecular formula is C16H17NO. The lowest BCUT2D eigenvalue weighted by molar-refractivity contribution is 0.324. The molecule has 18 heavy (non-hydrogen) atoms. The van der Waals surface area contributed by atoms with Crippen LogP contribution >= 0.6 is 0 Å². The van der Waals surface area contributed by atoms with Gasteiger partial charge in [-0.25, -0.2) is 0 Å². The summed E-state index contributed by atoms with van der Waals surface area (Å²) in [6, 6.07) is 18.6. The Labute approximate surface area is 108 Å². The van der Waals surface area contributed by atoms with Gasteiger partial charge in [0.1, 0.15) is 12.4 Å². The number of anilines is 1. The maximum Gasteiger partial charge on any atom is 0.119 e. The van der Waals surface area contributed by atoms with Crippen molar-refractivity contribution in [2.45, 2.75) is 6.42 Å². The Morgan fingerprint density at radius 1 is 0.944 bits per heavy atom. The van der Waals surface area contributed by atoms with Gasteiger partial charge in [-0.15, -0.1) is 0 Å². The van der Waals surface area contributed by atoms with Crippen molar-refractivity contribution in [2.75, 3.05) is 24.6 Å². The lowest BCUT2D eigenvalue weighted by Gasteiger charge is -2.19. The first-order valence-corrected chi connectivity index (χ1v) is 6.44. The summed E-state index contributed by atoms with van der Waals surface area (Å²) < 4.78 is 5.74. The number of hydrogen-bond donors (Lipinski definition) is 0. The fraction of sp³-hybridized carbons (Fsp3) is 0.250. The maximum atomic E-state index is 5.74. The van der Waals surface area contributed by atoms with Crippen molar-refractivity contribution in [3.8, 4) is 5.75 Å². The lowest BCUT2D eigenvalue weighted by atomic mass is 10.2. The van der Waals surface area contributed by atoms with Crippen LogP contribution in [-0.2, 0) is 6.42 Å². The number of benzene rings is 2. The van der Waals surface area contributed by atoms with E-state index in [1.54, 1.807) is 0 Å². The van der Waals surface area contributed by atoms with Gasteiger partial charge in [-0.3, -0.25) is 0 Å². The average molecular weight is 239 g/mol. The molecule has 0 saturated carbocycles. The highest BCUT2D eigenvalue weighted by Gasteiger charge is 2.17. The largest absolute Gasteiger partial charge is 0.492 e. The van der Waals surface area contributed by atoms with E-state index in [9.17, 15) is 0 Å². The van der Waals surface area contributed by atoms with Gasteiger partial charge in [0.15, 0.2) is 0 Å². The summed E-state index contributed by atoms with van der Waals surface area (Å²) in [7, 11) is 0. The minimum atomic E-state index is 0.734. The van der Waals surface area contributed by atoms with Crippen LogP contribution in [0.2, 0.25) is 0 Å². The van der Waals surface area contributed by atoms with Crippen LogP contribution in [0.5, 0.6) is 5.75 Å². The maximum absolute atomic E-state index is 5.74. The fourth-order valence-electron chi connectivity index (χ4n) is 2.43. The van der Waals surface area contributed by atoms with Crippen molar-refractivity contribution in [3.05, 3.63) is 60.2 Å². The third-order valence-corrected chi connectivity index (χ3v) is 3.36. The number of nitrogens with zero attached hydrogens (tertiary/aromatic N) is 1. The van der Waals surface area contributed by atoms with Gasteiger partial charge >= 0.3 is 0 Å². The molecule has 0 saturated heterocycles. The normalized spacial score (nSPS) is 13.4. The van der Waals surface area contributed by atoms with Crippen molar-refractivity contribution in [3.63, 3.8) is 0 Å². The van der Waals surface area contributed by atoms with Crippen LogP contribution in [0, 0.1) is 0 Å². The molecule has 3 rings (SSSR count). The summed E-state index contributed by atoms with van der Waals surface area (Å²) in [4.78, 5) is 2.40. The molecule has 1 aliphatic rings. The highest BCUT2D eigenvalue weighted by Crippen LogP contribution is 2.26. The van der Waals surface area contributed by atoms with Crippen LogP contribution in [0.4, 0.5) is 5.69 Å². The Morgan fingerprint density at radius 2 is 1.72 bits per heavy atom. The molecule has 1 aliphatic heterocycles. The van der Waals surface area contributed by atoms with Gasteiger partial charge in [0.25, 0.3) is 0 Å². The van der Waals surface area contributed by atoms with Crippen LogP contribution in [0.25, 0.3) is 0 Å². The summed E-state index contributed by atoms with van der Waals surface area (Å²) in [6.45, 7) is 2.79. The van der Waals surface area contributed by atoms with E-state index in [1.807, 2.05) is 30.3 Å². The van der Waals surface area contributed by atoms with Gasteiger partial charge in [-0.2, -0.15) is 0 Å². The smallest absolute Gasteiger partial charge is 0.119 e. The van der Waals surface area contributed by atoms with Gasteiger partial charge in [0.05, 0.1) is 6.54 Å². The minimum absolute atomic E-state index is 0.734. The SMILES string of the molecule is c1ccc(OCCN2CCc3ccccc32)cc1. The topological polar surface area (TPSA) is 12.5 Å². The molecule has 0 spiro atoms. The van der Waals surface area contributed by atoms with E-state index in [0.29, 0.717) is 0 Å². The van der Waals surface area contributed by atoms with Crippen molar-refractivity contribution in [1.29, 1.82) is 0 Å². The van der Waals surface area contributed by atoms with E-state index in [-0.39, 0.29) is 0 Å². The van der Waals surface area contributed by atoms with E-state index < -0.39 is 0 Å². The Kier molecular flexibility index (Phi) is 3.18. The molecule has 2 aromatic rings. The molecule has 0 amide bonds. The molecule has 0 aromatic heterocycles. The molecule has 92 valence electrons. The van der Waals surface area contributed by atoms with Crippen LogP contribution in [0.15, 0.2) is 54.6 Å². The molecule has 2 nitrogen and oxygen atoms in total. The van der Waals surface area contributed by atoms with E-state index in [1.165, 1.54) is 11.3 Å². The zero-order chi connectivity index (χ0) is 12.2. The number of fused-ring (bicyclic) bond motifs is 1. The van der Waals surface area contributed by atoms with E-state index in [0.717, 1.165) is 31.9 Å². The zero-order valence-electron chi connectivity index (χ0n) is 10.4. The second-order valence-electron chi connectivity index (χ2n) is 4.53. The van der Waals surface area contributed by atoms with Crippen molar-refractivity contribution in [1.82, 2.24) is 0 Å². The molecule has 0 atom stereocenters. The molecule has 0 aliphatic carbocycles. The first-order valence-electron chi connectivity index (χ1n) is 6.44. The third-order valence-electron chi connectivity index (χ3n) is 3.36. The van der Waals surface area contributed by atoms with Gasteiger partial charge in [-0.05, 0) is 30.2 Å². The number of para-hydroxylation sites is 2. The average Bonchev–Trinajstić information content (AvgIpc) is 2.84. The van der Waals surface area contributed by atoms with Crippen LogP contribution < -0.4 is 9.64 Å². The highest BCUT2D eigenvalue weighted by molar-refractivity contribution is 5.57. The first-order chi connectivity index (χ1) is 8.93. The monoisotopic (exact) mass is 239 g/mol. The van der Waals surface area contributed by atoms with Gasteiger partial charge in [-0.1, -0.05) is 36.4 Å². The molecule has 2 aromatic carbocycles. The predicted molar refractivity (Wildman–Crippen MR) is 74.3 cm³/mol. The predicted octanol–water partition coefficient (Wildman–Crippen LogP) is 3.13. The van der Waals surface area contributed by atoms with E-state index >= 15 is 0 Å². The molecule has 1 heterocycles. The Hall–Kier alpha value is -1.96. The first kappa shape index (κ1) is 11.1. The molecule has 0 unspecified atom stereocenters. The quantitative estimate of drug-likeness (QED) is 0.812. The highest BCUT2D eigenvalue weighted by atomic mass is 16.5. The van der Waals surface area contributed by atoms with Crippen molar-refractivity contribution >= 4 is 5.69 Å². The van der Waals surface area contributed by atoms with Crippen LogP contribution in [-0.4, -0.2) is 19.7 Å². The van der Waals surface area contributed by atoms with Crippen molar-refractivity contribution < 1.29 is 4.74 Å². The lowest BCUT2D eigenvalue weighted by Crippen LogP contribution is -2.26. The second kappa shape index (κ2) is 5.13. The van der Waals surface area contributed by atoms with Gasteiger partial charge < -0.3 is 9.64 Å².